The van der Waals surface area contributed by atoms with Crippen LogP contribution in [0.15, 0.2) is 24.5 Å². The van der Waals surface area contributed by atoms with Crippen LogP contribution in [0.5, 0.6) is 0 Å². The van der Waals surface area contributed by atoms with Gasteiger partial charge in [0.2, 0.25) is 0 Å². The first-order valence-corrected chi connectivity index (χ1v) is 6.62. The molecular formula is C13H13Cl2N3O2. The predicted octanol–water partition coefficient (Wildman–Crippen LogP) is 2.71. The van der Waals surface area contributed by atoms with Crippen LogP contribution in [0.2, 0.25) is 10.0 Å². The summed E-state index contributed by atoms with van der Waals surface area (Å²) in [4.78, 5) is 16.1. The minimum Gasteiger partial charge on any atom is -0.462 e. The van der Waals surface area contributed by atoms with E-state index in [1.54, 1.807) is 6.20 Å². The molecule has 0 amide bonds. The number of rotatable bonds is 4. The summed E-state index contributed by atoms with van der Waals surface area (Å²) in [5.74, 6) is 0.271. The van der Waals surface area contributed by atoms with Crippen LogP contribution in [0.4, 0.5) is 5.69 Å². The number of nitrogens with zero attached hydrogens (tertiary/aromatic N) is 2. The molecule has 0 bridgehead atoms. The molecule has 1 aromatic heterocycles. The zero-order valence-electron chi connectivity index (χ0n) is 10.8. The van der Waals surface area contributed by atoms with Gasteiger partial charge in [-0.1, -0.05) is 23.2 Å². The van der Waals surface area contributed by atoms with Crippen molar-refractivity contribution < 1.29 is 9.53 Å². The topological polar surface area (TPSA) is 70.1 Å². The lowest BCUT2D eigenvalue weighted by Gasteiger charge is -2.08. The van der Waals surface area contributed by atoms with E-state index < -0.39 is 5.97 Å². The molecule has 106 valence electrons. The number of benzene rings is 1. The van der Waals surface area contributed by atoms with Crippen molar-refractivity contribution in [1.82, 2.24) is 9.55 Å². The number of aromatic nitrogens is 2. The fourth-order valence-electron chi connectivity index (χ4n) is 1.71. The van der Waals surface area contributed by atoms with Crippen LogP contribution >= 0.6 is 23.2 Å². The van der Waals surface area contributed by atoms with E-state index in [0.29, 0.717) is 12.1 Å². The van der Waals surface area contributed by atoms with Gasteiger partial charge in [0.25, 0.3) is 0 Å². The van der Waals surface area contributed by atoms with Gasteiger partial charge in [-0.2, -0.15) is 0 Å². The van der Waals surface area contributed by atoms with E-state index in [4.69, 9.17) is 33.7 Å². The summed E-state index contributed by atoms with van der Waals surface area (Å²) in [6.07, 6.45) is 4.03. The van der Waals surface area contributed by atoms with Crippen LogP contribution in [-0.4, -0.2) is 22.1 Å². The average molecular weight is 314 g/mol. The number of ether oxygens (including phenoxy) is 1. The molecule has 0 saturated carbocycles. The number of carbonyl (C=O) groups is 1. The molecule has 7 heteroatoms. The summed E-state index contributed by atoms with van der Waals surface area (Å²) in [5.41, 5.74) is 6.15. The number of imidazole rings is 1. The number of aryl methyl sites for hydroxylation is 1. The third kappa shape index (κ3) is 3.23. The van der Waals surface area contributed by atoms with Crippen molar-refractivity contribution in [1.29, 1.82) is 0 Å². The number of esters is 1. The molecule has 0 fully saturated rings. The average Bonchev–Trinajstić information content (AvgIpc) is 2.79. The summed E-state index contributed by atoms with van der Waals surface area (Å²) in [6, 6.07) is 2.92. The Morgan fingerprint density at radius 3 is 2.85 bits per heavy atom. The normalized spacial score (nSPS) is 10.6. The van der Waals surface area contributed by atoms with Crippen LogP contribution in [0, 0.1) is 0 Å². The largest absolute Gasteiger partial charge is 0.462 e. The lowest BCUT2D eigenvalue weighted by molar-refractivity contribution is 0.0507. The van der Waals surface area contributed by atoms with E-state index in [2.05, 4.69) is 4.98 Å². The summed E-state index contributed by atoms with van der Waals surface area (Å²) in [5, 5.41) is 0.366. The van der Waals surface area contributed by atoms with Crippen LogP contribution < -0.4 is 5.73 Å². The second-order valence-electron chi connectivity index (χ2n) is 4.20. The van der Waals surface area contributed by atoms with Crippen molar-refractivity contribution in [3.63, 3.8) is 0 Å². The quantitative estimate of drug-likeness (QED) is 0.696. The molecule has 0 spiro atoms. The number of nitrogen functional groups attached to an aromatic ring is 1. The number of hydrogen-bond acceptors (Lipinski definition) is 4. The Kier molecular flexibility index (Phi) is 4.52. The van der Waals surface area contributed by atoms with Gasteiger partial charge < -0.3 is 15.0 Å². The molecule has 5 nitrogen and oxygen atoms in total. The van der Waals surface area contributed by atoms with Crippen molar-refractivity contribution in [2.24, 2.45) is 7.05 Å². The molecule has 0 aliphatic rings. The SMILES string of the molecule is Cn1ccnc1CCOC(=O)c1cc(N)cc(Cl)c1Cl. The van der Waals surface area contributed by atoms with Crippen LogP contribution in [0.3, 0.4) is 0 Å². The molecule has 1 heterocycles. The zero-order valence-corrected chi connectivity index (χ0v) is 12.3. The second kappa shape index (κ2) is 6.15. The summed E-state index contributed by atoms with van der Waals surface area (Å²) < 4.78 is 7.02. The van der Waals surface area contributed by atoms with Crippen molar-refractivity contribution in [2.75, 3.05) is 12.3 Å². The molecule has 0 radical (unpaired) electrons. The predicted molar refractivity (Wildman–Crippen MR) is 78.1 cm³/mol. The molecule has 0 aliphatic carbocycles. The molecule has 0 unspecified atom stereocenters. The Labute approximate surface area is 126 Å². The second-order valence-corrected chi connectivity index (χ2v) is 4.99. The molecule has 1 aromatic carbocycles. The van der Waals surface area contributed by atoms with Gasteiger partial charge in [-0.3, -0.25) is 0 Å². The number of halogens is 2. The maximum atomic E-state index is 11.9. The van der Waals surface area contributed by atoms with E-state index in [0.717, 1.165) is 5.82 Å². The third-order valence-corrected chi connectivity index (χ3v) is 3.55. The first-order chi connectivity index (χ1) is 9.49. The highest BCUT2D eigenvalue weighted by Crippen LogP contribution is 2.29. The number of carbonyl (C=O) groups excluding carboxylic acids is 1. The highest BCUT2D eigenvalue weighted by atomic mass is 35.5. The number of nitrogens with two attached hydrogens (primary N) is 1. The van der Waals surface area contributed by atoms with Crippen molar-refractivity contribution in [3.8, 4) is 0 Å². The zero-order chi connectivity index (χ0) is 14.7. The third-order valence-electron chi connectivity index (χ3n) is 2.75. The summed E-state index contributed by atoms with van der Waals surface area (Å²) in [7, 11) is 1.87. The maximum Gasteiger partial charge on any atom is 0.339 e. The summed E-state index contributed by atoms with van der Waals surface area (Å²) >= 11 is 11.8. The lowest BCUT2D eigenvalue weighted by Crippen LogP contribution is -2.11. The molecule has 0 saturated heterocycles. The first-order valence-electron chi connectivity index (χ1n) is 5.87. The number of hydrogen-bond donors (Lipinski definition) is 1. The van der Waals surface area contributed by atoms with E-state index in [9.17, 15) is 4.79 Å². The molecular weight excluding hydrogens is 301 g/mol. The van der Waals surface area contributed by atoms with E-state index in [1.807, 2.05) is 17.8 Å². The first kappa shape index (κ1) is 14.7. The lowest BCUT2D eigenvalue weighted by atomic mass is 10.2. The van der Waals surface area contributed by atoms with Gasteiger partial charge in [-0.25, -0.2) is 9.78 Å². The van der Waals surface area contributed by atoms with Crippen molar-refractivity contribution in [2.45, 2.75) is 6.42 Å². The van der Waals surface area contributed by atoms with Crippen LogP contribution in [-0.2, 0) is 18.2 Å². The highest BCUT2D eigenvalue weighted by molar-refractivity contribution is 6.44. The van der Waals surface area contributed by atoms with Gasteiger partial charge in [0, 0.05) is 31.5 Å². The highest BCUT2D eigenvalue weighted by Gasteiger charge is 2.15. The molecule has 2 N–H and O–H groups in total. The van der Waals surface area contributed by atoms with Crippen molar-refractivity contribution >= 4 is 34.9 Å². The van der Waals surface area contributed by atoms with Crippen LogP contribution in [0.1, 0.15) is 16.2 Å². The number of anilines is 1. The van der Waals surface area contributed by atoms with E-state index in [1.165, 1.54) is 12.1 Å². The van der Waals surface area contributed by atoms with Gasteiger partial charge in [0.15, 0.2) is 0 Å². The van der Waals surface area contributed by atoms with E-state index >= 15 is 0 Å². The van der Waals surface area contributed by atoms with Crippen LogP contribution in [0.25, 0.3) is 0 Å². The molecule has 0 aliphatic heterocycles. The van der Waals surface area contributed by atoms with E-state index in [-0.39, 0.29) is 22.2 Å². The minimum atomic E-state index is -0.557. The Bertz CT molecular complexity index is 641. The Balaban J connectivity index is 2.01. The molecule has 2 aromatic rings. The van der Waals surface area contributed by atoms with Gasteiger partial charge in [-0.15, -0.1) is 0 Å². The minimum absolute atomic E-state index is 0.142. The Morgan fingerprint density at radius 1 is 1.45 bits per heavy atom. The molecule has 2 rings (SSSR count). The molecule has 0 atom stereocenters. The van der Waals surface area contributed by atoms with Gasteiger partial charge in [0.05, 0.1) is 22.2 Å². The van der Waals surface area contributed by atoms with Gasteiger partial charge in [-0.05, 0) is 12.1 Å². The summed E-state index contributed by atoms with van der Waals surface area (Å²) in [6.45, 7) is 0.201. The molecule has 20 heavy (non-hydrogen) atoms. The van der Waals surface area contributed by atoms with Crippen molar-refractivity contribution in [3.05, 3.63) is 46.0 Å². The smallest absolute Gasteiger partial charge is 0.339 e. The van der Waals surface area contributed by atoms with Gasteiger partial charge in [0.1, 0.15) is 5.82 Å². The fraction of sp³-hybridized carbons (Fsp3) is 0.231. The fourth-order valence-corrected chi connectivity index (χ4v) is 2.12. The van der Waals surface area contributed by atoms with Gasteiger partial charge >= 0.3 is 5.97 Å². The maximum absolute atomic E-state index is 11.9. The Hall–Kier alpha value is -1.72. The monoisotopic (exact) mass is 313 g/mol. The standard InChI is InChI=1S/C13H13Cl2N3O2/c1-18-4-3-17-11(18)2-5-20-13(19)9-6-8(16)7-10(14)12(9)15/h3-4,6-7H,2,5,16H2,1H3. The Morgan fingerprint density at radius 2 is 2.20 bits per heavy atom.